The number of nitrogens with one attached hydrogen (secondary N) is 1. The summed E-state index contributed by atoms with van der Waals surface area (Å²) in [7, 11) is 0. The molecule has 3 rings (SSSR count). The molecule has 0 bridgehead atoms. The predicted molar refractivity (Wildman–Crippen MR) is 88.9 cm³/mol. The molecular weight excluding hydrogens is 292 g/mol. The Kier molecular flexibility index (Phi) is 3.86. The molecule has 5 nitrogen and oxygen atoms in total. The molecule has 0 atom stereocenters. The highest BCUT2D eigenvalue weighted by Crippen LogP contribution is 2.31. The molecule has 0 aliphatic rings. The third kappa shape index (κ3) is 2.48. The maximum absolute atomic E-state index is 12.2. The van der Waals surface area contributed by atoms with Gasteiger partial charge in [-0.3, -0.25) is 4.79 Å². The van der Waals surface area contributed by atoms with Gasteiger partial charge in [-0.1, -0.05) is 6.92 Å². The van der Waals surface area contributed by atoms with Crippen LogP contribution >= 0.6 is 0 Å². The first-order valence-corrected chi connectivity index (χ1v) is 7.68. The minimum Gasteiger partial charge on any atom is -0.461 e. The number of benzene rings is 1. The number of fused-ring (bicyclic) bond motifs is 3. The molecule has 0 saturated heterocycles. The molecule has 2 heterocycles. The van der Waals surface area contributed by atoms with Crippen LogP contribution in [-0.2, 0) is 11.2 Å². The van der Waals surface area contributed by atoms with Crippen molar-refractivity contribution in [2.24, 2.45) is 0 Å². The highest BCUT2D eigenvalue weighted by Gasteiger charge is 2.19. The maximum atomic E-state index is 12.2. The monoisotopic (exact) mass is 310 g/mol. The van der Waals surface area contributed by atoms with Crippen LogP contribution in [-0.4, -0.2) is 28.3 Å². The Labute approximate surface area is 133 Å². The summed E-state index contributed by atoms with van der Waals surface area (Å²) in [4.78, 5) is 31.4. The molecule has 0 spiro atoms. The van der Waals surface area contributed by atoms with E-state index in [1.807, 2.05) is 19.1 Å². The lowest BCUT2D eigenvalue weighted by molar-refractivity contribution is 0.0518. The minimum absolute atomic E-state index is 0.0129. The van der Waals surface area contributed by atoms with Gasteiger partial charge in [0.25, 0.3) is 0 Å². The third-order valence-electron chi connectivity index (χ3n) is 3.97. The summed E-state index contributed by atoms with van der Waals surface area (Å²) in [5, 5.41) is 1.86. The fourth-order valence-corrected chi connectivity index (χ4v) is 2.90. The number of ether oxygens (including phenoxy) is 1. The Bertz CT molecular complexity index is 925. The van der Waals surface area contributed by atoms with Crippen molar-refractivity contribution in [2.75, 3.05) is 6.61 Å². The number of esters is 1. The molecule has 0 saturated carbocycles. The van der Waals surface area contributed by atoms with Crippen LogP contribution in [0.3, 0.4) is 0 Å². The van der Waals surface area contributed by atoms with Crippen LogP contribution in [0.5, 0.6) is 0 Å². The molecule has 0 fully saturated rings. The van der Waals surface area contributed by atoms with Crippen molar-refractivity contribution in [1.29, 1.82) is 0 Å². The fraction of sp³-hybridized carbons (Fsp3) is 0.278. The summed E-state index contributed by atoms with van der Waals surface area (Å²) in [5.74, 6) is -0.401. The average molecular weight is 310 g/mol. The smallest absolute Gasteiger partial charge is 0.357 e. The number of nitrogens with zero attached hydrogens (tertiary/aromatic N) is 1. The number of ketones is 1. The van der Waals surface area contributed by atoms with Gasteiger partial charge in [0.05, 0.1) is 18.3 Å². The standard InChI is InChI=1S/C18H18N2O3/c1-4-12-16-13-8-11(10(3)21)6-7-14(13)20-15(16)9-19-17(12)18(22)23-5-2/h6-9,20H,4-5H2,1-3H3. The van der Waals surface area contributed by atoms with E-state index in [0.717, 1.165) is 27.4 Å². The zero-order valence-electron chi connectivity index (χ0n) is 13.4. The summed E-state index contributed by atoms with van der Waals surface area (Å²) in [6, 6.07) is 5.55. The second-order valence-electron chi connectivity index (χ2n) is 5.39. The first-order chi connectivity index (χ1) is 11.1. The molecule has 0 unspecified atom stereocenters. The van der Waals surface area contributed by atoms with Crippen molar-refractivity contribution in [1.82, 2.24) is 9.97 Å². The van der Waals surface area contributed by atoms with Crippen molar-refractivity contribution in [2.45, 2.75) is 27.2 Å². The van der Waals surface area contributed by atoms with E-state index in [1.165, 1.54) is 0 Å². The van der Waals surface area contributed by atoms with Crippen LogP contribution in [0.15, 0.2) is 24.4 Å². The summed E-state index contributed by atoms with van der Waals surface area (Å²) in [6.07, 6.45) is 2.30. The molecule has 0 amide bonds. The molecule has 3 aromatic rings. The Balaban J connectivity index is 2.35. The van der Waals surface area contributed by atoms with Gasteiger partial charge in [0, 0.05) is 21.9 Å². The number of carbonyl (C=O) groups excluding carboxylic acids is 2. The lowest BCUT2D eigenvalue weighted by atomic mass is 10.0. The van der Waals surface area contributed by atoms with E-state index in [2.05, 4.69) is 9.97 Å². The number of rotatable bonds is 4. The van der Waals surface area contributed by atoms with Gasteiger partial charge in [-0.25, -0.2) is 9.78 Å². The van der Waals surface area contributed by atoms with E-state index in [4.69, 9.17) is 4.74 Å². The Hall–Kier alpha value is -2.69. The number of H-pyrrole nitrogens is 1. The molecular formula is C18H18N2O3. The van der Waals surface area contributed by atoms with E-state index >= 15 is 0 Å². The molecule has 1 aromatic carbocycles. The van der Waals surface area contributed by atoms with Crippen LogP contribution in [0.4, 0.5) is 0 Å². The number of pyridine rings is 1. The lowest BCUT2D eigenvalue weighted by Crippen LogP contribution is -2.10. The topological polar surface area (TPSA) is 72.0 Å². The van der Waals surface area contributed by atoms with Crippen LogP contribution < -0.4 is 0 Å². The van der Waals surface area contributed by atoms with Crippen molar-refractivity contribution < 1.29 is 14.3 Å². The Morgan fingerprint density at radius 2 is 2.00 bits per heavy atom. The number of hydrogen-bond donors (Lipinski definition) is 1. The molecule has 1 N–H and O–H groups in total. The zero-order valence-corrected chi connectivity index (χ0v) is 13.4. The first-order valence-electron chi connectivity index (χ1n) is 7.68. The Morgan fingerprint density at radius 1 is 1.22 bits per heavy atom. The SMILES string of the molecule is CCOC(=O)c1ncc2[nH]c3ccc(C(C)=O)cc3c2c1CC. The largest absolute Gasteiger partial charge is 0.461 e. The molecule has 0 radical (unpaired) electrons. The van der Waals surface area contributed by atoms with Crippen molar-refractivity contribution in [3.05, 3.63) is 41.2 Å². The number of aromatic amines is 1. The molecule has 118 valence electrons. The van der Waals surface area contributed by atoms with Gasteiger partial charge >= 0.3 is 5.97 Å². The van der Waals surface area contributed by atoms with Crippen LogP contribution in [0, 0.1) is 0 Å². The molecule has 2 aromatic heterocycles. The normalized spacial score (nSPS) is 11.1. The molecule has 5 heteroatoms. The summed E-state index contributed by atoms with van der Waals surface area (Å²) in [6.45, 7) is 5.60. The van der Waals surface area contributed by atoms with Gasteiger partial charge in [0.2, 0.25) is 0 Å². The van der Waals surface area contributed by atoms with Gasteiger partial charge in [0.1, 0.15) is 0 Å². The highest BCUT2D eigenvalue weighted by atomic mass is 16.5. The van der Waals surface area contributed by atoms with E-state index in [0.29, 0.717) is 24.3 Å². The van der Waals surface area contributed by atoms with Crippen LogP contribution in [0.1, 0.15) is 47.2 Å². The molecule has 0 aliphatic heterocycles. The van der Waals surface area contributed by atoms with E-state index < -0.39 is 5.97 Å². The predicted octanol–water partition coefficient (Wildman–Crippen LogP) is 3.66. The van der Waals surface area contributed by atoms with E-state index in [-0.39, 0.29) is 5.78 Å². The number of Topliss-reactive ketones (excluding diaryl/α,β-unsaturated/α-hetero) is 1. The summed E-state index contributed by atoms with van der Waals surface area (Å²) < 4.78 is 5.10. The van der Waals surface area contributed by atoms with E-state index in [1.54, 1.807) is 26.1 Å². The van der Waals surface area contributed by atoms with Crippen molar-refractivity contribution >= 4 is 33.6 Å². The van der Waals surface area contributed by atoms with Crippen LogP contribution in [0.25, 0.3) is 21.8 Å². The summed E-state index contributed by atoms with van der Waals surface area (Å²) in [5.41, 5.74) is 3.60. The van der Waals surface area contributed by atoms with E-state index in [9.17, 15) is 9.59 Å². The number of carbonyl (C=O) groups is 2. The quantitative estimate of drug-likeness (QED) is 0.589. The maximum Gasteiger partial charge on any atom is 0.357 e. The van der Waals surface area contributed by atoms with Crippen molar-refractivity contribution in [3.8, 4) is 0 Å². The lowest BCUT2D eigenvalue weighted by Gasteiger charge is -2.08. The van der Waals surface area contributed by atoms with Gasteiger partial charge in [0.15, 0.2) is 11.5 Å². The molecule has 0 aliphatic carbocycles. The number of aromatic nitrogens is 2. The minimum atomic E-state index is -0.414. The van der Waals surface area contributed by atoms with Gasteiger partial charge < -0.3 is 9.72 Å². The highest BCUT2D eigenvalue weighted by molar-refractivity contribution is 6.13. The van der Waals surface area contributed by atoms with Crippen molar-refractivity contribution in [3.63, 3.8) is 0 Å². The summed E-state index contributed by atoms with van der Waals surface area (Å²) >= 11 is 0. The second-order valence-corrected chi connectivity index (χ2v) is 5.39. The second kappa shape index (κ2) is 5.83. The fourth-order valence-electron chi connectivity index (χ4n) is 2.90. The first kappa shape index (κ1) is 15.2. The third-order valence-corrected chi connectivity index (χ3v) is 3.97. The Morgan fingerprint density at radius 3 is 2.65 bits per heavy atom. The number of aryl methyl sites for hydroxylation is 1. The van der Waals surface area contributed by atoms with Crippen LogP contribution in [0.2, 0.25) is 0 Å². The number of hydrogen-bond acceptors (Lipinski definition) is 4. The van der Waals surface area contributed by atoms with Gasteiger partial charge in [-0.2, -0.15) is 0 Å². The molecule has 23 heavy (non-hydrogen) atoms. The average Bonchev–Trinajstić information content (AvgIpc) is 2.91. The van der Waals surface area contributed by atoms with Gasteiger partial charge in [-0.05, 0) is 44.0 Å². The zero-order chi connectivity index (χ0) is 16.6. The van der Waals surface area contributed by atoms with Gasteiger partial charge in [-0.15, -0.1) is 0 Å².